The molecule has 1 saturated heterocycles. The van der Waals surface area contributed by atoms with Crippen molar-refractivity contribution in [1.82, 2.24) is 9.80 Å². The minimum Gasteiger partial charge on any atom is -0.480 e. The molecule has 0 bridgehead atoms. The Balaban J connectivity index is 2.72. The second kappa shape index (κ2) is 7.26. The maximum atomic E-state index is 12.5. The molecule has 0 aromatic heterocycles. The monoisotopic (exact) mass is 284 g/mol. The van der Waals surface area contributed by atoms with Crippen molar-refractivity contribution in [2.45, 2.75) is 33.6 Å². The van der Waals surface area contributed by atoms with Crippen molar-refractivity contribution in [3.8, 4) is 0 Å². The van der Waals surface area contributed by atoms with Gasteiger partial charge in [0.15, 0.2) is 0 Å². The zero-order valence-corrected chi connectivity index (χ0v) is 12.5. The standard InChI is InChI=1S/C14H24N2O4/c1-10(2)7-16(9-13(18)19)14(20)12-5-4-6-15(8-12)11(3)17/h10,12H,4-9H2,1-3H3,(H,18,19). The number of likely N-dealkylation sites (tertiary alicyclic amines) is 1. The Bertz CT molecular complexity index is 381. The Kier molecular flexibility index (Phi) is 5.98. The van der Waals surface area contributed by atoms with E-state index in [9.17, 15) is 14.4 Å². The van der Waals surface area contributed by atoms with Gasteiger partial charge in [0.25, 0.3) is 0 Å². The third-order valence-electron chi connectivity index (χ3n) is 3.44. The summed E-state index contributed by atoms with van der Waals surface area (Å²) >= 11 is 0. The van der Waals surface area contributed by atoms with Crippen LogP contribution in [-0.4, -0.2) is 58.9 Å². The summed E-state index contributed by atoms with van der Waals surface area (Å²) in [5.41, 5.74) is 0. The van der Waals surface area contributed by atoms with Crippen LogP contribution in [0.15, 0.2) is 0 Å². The van der Waals surface area contributed by atoms with Crippen molar-refractivity contribution in [2.75, 3.05) is 26.2 Å². The normalized spacial score (nSPS) is 19.0. The summed E-state index contributed by atoms with van der Waals surface area (Å²) in [6, 6.07) is 0. The third kappa shape index (κ3) is 4.83. The second-order valence-electron chi connectivity index (χ2n) is 5.81. The van der Waals surface area contributed by atoms with Crippen LogP contribution in [0.2, 0.25) is 0 Å². The van der Waals surface area contributed by atoms with Crippen LogP contribution in [0.3, 0.4) is 0 Å². The molecule has 1 aliphatic rings. The summed E-state index contributed by atoms with van der Waals surface area (Å²) in [5, 5.41) is 8.93. The molecule has 6 nitrogen and oxygen atoms in total. The van der Waals surface area contributed by atoms with E-state index in [0.29, 0.717) is 19.6 Å². The Labute approximate surface area is 119 Å². The van der Waals surface area contributed by atoms with E-state index in [1.165, 1.54) is 11.8 Å². The predicted molar refractivity (Wildman–Crippen MR) is 74.0 cm³/mol. The van der Waals surface area contributed by atoms with Gasteiger partial charge in [-0.2, -0.15) is 0 Å². The first kappa shape index (κ1) is 16.5. The van der Waals surface area contributed by atoms with Gasteiger partial charge in [-0.05, 0) is 18.8 Å². The zero-order valence-electron chi connectivity index (χ0n) is 12.5. The molecular formula is C14H24N2O4. The molecule has 1 atom stereocenters. The fourth-order valence-electron chi connectivity index (χ4n) is 2.56. The number of aliphatic carboxylic acids is 1. The third-order valence-corrected chi connectivity index (χ3v) is 3.44. The summed E-state index contributed by atoms with van der Waals surface area (Å²) < 4.78 is 0. The molecule has 0 spiro atoms. The number of piperidine rings is 1. The highest BCUT2D eigenvalue weighted by molar-refractivity contribution is 5.84. The molecule has 1 aliphatic heterocycles. The molecule has 6 heteroatoms. The van der Waals surface area contributed by atoms with E-state index in [2.05, 4.69) is 0 Å². The lowest BCUT2D eigenvalue weighted by atomic mass is 9.96. The number of hydrogen-bond donors (Lipinski definition) is 1. The van der Waals surface area contributed by atoms with E-state index in [-0.39, 0.29) is 30.2 Å². The van der Waals surface area contributed by atoms with Gasteiger partial charge in [0.2, 0.25) is 11.8 Å². The molecular weight excluding hydrogens is 260 g/mol. The van der Waals surface area contributed by atoms with Crippen molar-refractivity contribution in [3.05, 3.63) is 0 Å². The van der Waals surface area contributed by atoms with Crippen LogP contribution in [0.25, 0.3) is 0 Å². The zero-order chi connectivity index (χ0) is 15.3. The second-order valence-corrected chi connectivity index (χ2v) is 5.81. The Morgan fingerprint density at radius 3 is 2.50 bits per heavy atom. The Morgan fingerprint density at radius 2 is 2.00 bits per heavy atom. The van der Waals surface area contributed by atoms with Gasteiger partial charge < -0.3 is 14.9 Å². The van der Waals surface area contributed by atoms with Gasteiger partial charge in [-0.3, -0.25) is 14.4 Å². The van der Waals surface area contributed by atoms with Crippen LogP contribution >= 0.6 is 0 Å². The molecule has 1 fully saturated rings. The first-order valence-corrected chi connectivity index (χ1v) is 7.07. The lowest BCUT2D eigenvalue weighted by Crippen LogP contribution is -2.48. The number of amides is 2. The minimum absolute atomic E-state index is 0.0313. The maximum Gasteiger partial charge on any atom is 0.323 e. The fourth-order valence-corrected chi connectivity index (χ4v) is 2.56. The molecule has 0 aromatic rings. The van der Waals surface area contributed by atoms with Crippen molar-refractivity contribution in [1.29, 1.82) is 0 Å². The number of hydrogen-bond acceptors (Lipinski definition) is 3. The van der Waals surface area contributed by atoms with Gasteiger partial charge in [0.1, 0.15) is 6.54 Å². The highest BCUT2D eigenvalue weighted by Crippen LogP contribution is 2.19. The van der Waals surface area contributed by atoms with Crippen LogP contribution in [0.4, 0.5) is 0 Å². The van der Waals surface area contributed by atoms with Crippen LogP contribution < -0.4 is 0 Å². The molecule has 1 N–H and O–H groups in total. The molecule has 1 unspecified atom stereocenters. The molecule has 1 rings (SSSR count). The van der Waals surface area contributed by atoms with Crippen molar-refractivity contribution >= 4 is 17.8 Å². The van der Waals surface area contributed by atoms with Crippen LogP contribution in [0.1, 0.15) is 33.6 Å². The molecule has 20 heavy (non-hydrogen) atoms. The highest BCUT2D eigenvalue weighted by atomic mass is 16.4. The summed E-state index contributed by atoms with van der Waals surface area (Å²) in [4.78, 5) is 37.8. The van der Waals surface area contributed by atoms with Crippen molar-refractivity contribution in [2.24, 2.45) is 11.8 Å². The quantitative estimate of drug-likeness (QED) is 0.810. The van der Waals surface area contributed by atoms with E-state index in [0.717, 1.165) is 12.8 Å². The van der Waals surface area contributed by atoms with E-state index < -0.39 is 5.97 Å². The van der Waals surface area contributed by atoms with Crippen LogP contribution in [0, 0.1) is 11.8 Å². The number of nitrogens with zero attached hydrogens (tertiary/aromatic N) is 2. The molecule has 0 saturated carbocycles. The molecule has 1 heterocycles. The lowest BCUT2D eigenvalue weighted by molar-refractivity contribution is -0.148. The van der Waals surface area contributed by atoms with Crippen molar-refractivity contribution < 1.29 is 19.5 Å². The number of carbonyl (C=O) groups excluding carboxylic acids is 2. The fraction of sp³-hybridized carbons (Fsp3) is 0.786. The highest BCUT2D eigenvalue weighted by Gasteiger charge is 2.31. The molecule has 2 amide bonds. The van der Waals surface area contributed by atoms with E-state index in [4.69, 9.17) is 5.11 Å². The summed E-state index contributed by atoms with van der Waals surface area (Å²) in [6.07, 6.45) is 1.51. The summed E-state index contributed by atoms with van der Waals surface area (Å²) in [7, 11) is 0. The van der Waals surface area contributed by atoms with Gasteiger partial charge >= 0.3 is 5.97 Å². The van der Waals surface area contributed by atoms with Crippen LogP contribution in [0.5, 0.6) is 0 Å². The van der Waals surface area contributed by atoms with Gasteiger partial charge in [0.05, 0.1) is 5.92 Å². The molecule has 114 valence electrons. The van der Waals surface area contributed by atoms with Gasteiger partial charge in [-0.15, -0.1) is 0 Å². The largest absolute Gasteiger partial charge is 0.480 e. The Morgan fingerprint density at radius 1 is 1.35 bits per heavy atom. The first-order valence-electron chi connectivity index (χ1n) is 7.07. The smallest absolute Gasteiger partial charge is 0.323 e. The molecule has 0 aromatic carbocycles. The maximum absolute atomic E-state index is 12.5. The van der Waals surface area contributed by atoms with Gasteiger partial charge in [-0.25, -0.2) is 0 Å². The van der Waals surface area contributed by atoms with E-state index in [1.807, 2.05) is 13.8 Å². The predicted octanol–water partition coefficient (Wildman–Crippen LogP) is 0.814. The van der Waals surface area contributed by atoms with E-state index in [1.54, 1.807) is 4.90 Å². The molecule has 0 aliphatic carbocycles. The number of carbonyl (C=O) groups is 3. The lowest BCUT2D eigenvalue weighted by Gasteiger charge is -2.34. The minimum atomic E-state index is -1.00. The topological polar surface area (TPSA) is 77.9 Å². The average Bonchev–Trinajstić information content (AvgIpc) is 2.36. The van der Waals surface area contributed by atoms with Crippen LogP contribution in [-0.2, 0) is 14.4 Å². The number of carboxylic acids is 1. The summed E-state index contributed by atoms with van der Waals surface area (Å²) in [6.45, 7) is 6.64. The number of rotatable bonds is 5. The number of carboxylic acid groups (broad SMARTS) is 1. The molecule has 0 radical (unpaired) electrons. The van der Waals surface area contributed by atoms with Crippen molar-refractivity contribution in [3.63, 3.8) is 0 Å². The van der Waals surface area contributed by atoms with Gasteiger partial charge in [0, 0.05) is 26.6 Å². The average molecular weight is 284 g/mol. The van der Waals surface area contributed by atoms with E-state index >= 15 is 0 Å². The van der Waals surface area contributed by atoms with Gasteiger partial charge in [-0.1, -0.05) is 13.8 Å². The first-order chi connectivity index (χ1) is 9.31. The SMILES string of the molecule is CC(=O)N1CCCC(C(=O)N(CC(=O)O)CC(C)C)C1. The Hall–Kier alpha value is -1.59. The summed E-state index contributed by atoms with van der Waals surface area (Å²) in [5.74, 6) is -1.24.